The molecule has 0 fully saturated rings. The molecule has 1 amide bonds. The molecule has 100 valence electrons. The first-order valence-corrected chi connectivity index (χ1v) is 6.45. The third-order valence-electron chi connectivity index (χ3n) is 2.59. The van der Waals surface area contributed by atoms with Crippen LogP contribution in [0.1, 0.15) is 39.0 Å². The van der Waals surface area contributed by atoms with Crippen LogP contribution in [0.25, 0.3) is 0 Å². The van der Waals surface area contributed by atoms with Gasteiger partial charge in [-0.15, -0.1) is 0 Å². The molecule has 4 heteroatoms. The second-order valence-electron chi connectivity index (χ2n) is 4.22. The minimum absolute atomic E-state index is 0.171. The molecule has 0 saturated carbocycles. The summed E-state index contributed by atoms with van der Waals surface area (Å²) in [4.78, 5) is 11.4. The molecule has 0 aliphatic heterocycles. The molecule has 0 aromatic heterocycles. The molecule has 0 saturated heterocycles. The van der Waals surface area contributed by atoms with E-state index in [9.17, 15) is 4.79 Å². The summed E-state index contributed by atoms with van der Waals surface area (Å²) >= 11 is 0. The number of anilines is 1. The topological polar surface area (TPSA) is 58.6 Å². The predicted molar refractivity (Wildman–Crippen MR) is 71.8 cm³/mol. The van der Waals surface area contributed by atoms with Crippen LogP contribution in [0.5, 0.6) is 5.75 Å². The predicted octanol–water partition coefficient (Wildman–Crippen LogP) is 3.91. The number of hydrogen-bond acceptors (Lipinski definition) is 3. The number of phenols is 1. The Morgan fingerprint density at radius 2 is 1.83 bits per heavy atom. The number of rotatable bonds is 7. The van der Waals surface area contributed by atoms with Crippen molar-refractivity contribution in [1.82, 2.24) is 0 Å². The van der Waals surface area contributed by atoms with E-state index >= 15 is 0 Å². The molecule has 1 aromatic carbocycles. The van der Waals surface area contributed by atoms with Crippen LogP contribution in [0.2, 0.25) is 0 Å². The summed E-state index contributed by atoms with van der Waals surface area (Å²) in [5, 5.41) is 11.7. The number of nitrogens with one attached hydrogen (secondary N) is 1. The molecule has 0 unspecified atom stereocenters. The number of ether oxygens (including phenoxy) is 1. The number of hydrogen-bond donors (Lipinski definition) is 2. The van der Waals surface area contributed by atoms with E-state index in [0.29, 0.717) is 12.3 Å². The summed E-state index contributed by atoms with van der Waals surface area (Å²) in [5.74, 6) is 0.171. The van der Waals surface area contributed by atoms with Gasteiger partial charge in [-0.05, 0) is 30.7 Å². The van der Waals surface area contributed by atoms with Crippen molar-refractivity contribution >= 4 is 11.8 Å². The number of carbonyl (C=O) groups excluding carboxylic acids is 1. The van der Waals surface area contributed by atoms with Gasteiger partial charge in [0.05, 0.1) is 6.61 Å². The first-order valence-electron chi connectivity index (χ1n) is 6.45. The molecule has 0 heterocycles. The van der Waals surface area contributed by atoms with Gasteiger partial charge in [-0.2, -0.15) is 0 Å². The lowest BCUT2D eigenvalue weighted by molar-refractivity contribution is 0.159. The van der Waals surface area contributed by atoms with E-state index in [0.717, 1.165) is 12.8 Å². The van der Waals surface area contributed by atoms with Gasteiger partial charge in [-0.25, -0.2) is 4.79 Å². The summed E-state index contributed by atoms with van der Waals surface area (Å²) < 4.78 is 5.04. The van der Waals surface area contributed by atoms with Crippen molar-refractivity contribution < 1.29 is 14.6 Å². The number of aromatic hydroxyl groups is 1. The highest BCUT2D eigenvalue weighted by molar-refractivity contribution is 5.84. The number of phenolic OH excluding ortho intramolecular Hbond substituents is 1. The maximum Gasteiger partial charge on any atom is 0.411 e. The highest BCUT2D eigenvalue weighted by atomic mass is 16.5. The fourth-order valence-electron chi connectivity index (χ4n) is 1.57. The van der Waals surface area contributed by atoms with Gasteiger partial charge in [0.25, 0.3) is 0 Å². The van der Waals surface area contributed by atoms with E-state index in [-0.39, 0.29) is 5.75 Å². The molecule has 18 heavy (non-hydrogen) atoms. The van der Waals surface area contributed by atoms with E-state index in [1.165, 1.54) is 31.4 Å². The molecular formula is C14H21NO3. The molecule has 0 spiro atoms. The van der Waals surface area contributed by atoms with Crippen LogP contribution in [-0.4, -0.2) is 17.8 Å². The first kappa shape index (κ1) is 14.4. The minimum Gasteiger partial charge on any atom is -0.508 e. The van der Waals surface area contributed by atoms with Crippen LogP contribution in [0.4, 0.5) is 10.5 Å². The smallest absolute Gasteiger partial charge is 0.411 e. The summed E-state index contributed by atoms with van der Waals surface area (Å²) in [6, 6.07) is 6.27. The number of carbonyl (C=O) groups is 1. The standard InChI is InChI=1S/C14H21NO3/c1-2-3-4-5-6-11-18-14(17)15-12-7-9-13(16)10-8-12/h7-10,16H,2-6,11H2,1H3,(H,15,17). The van der Waals surface area contributed by atoms with Gasteiger partial charge in [0.1, 0.15) is 5.75 Å². The highest BCUT2D eigenvalue weighted by Gasteiger charge is 2.02. The van der Waals surface area contributed by atoms with Crippen molar-refractivity contribution in [1.29, 1.82) is 0 Å². The Hall–Kier alpha value is -1.71. The van der Waals surface area contributed by atoms with Crippen molar-refractivity contribution in [3.63, 3.8) is 0 Å². The molecular weight excluding hydrogens is 230 g/mol. The molecule has 0 radical (unpaired) electrons. The molecule has 1 rings (SSSR count). The van der Waals surface area contributed by atoms with Crippen LogP contribution in [0, 0.1) is 0 Å². The largest absolute Gasteiger partial charge is 0.508 e. The minimum atomic E-state index is -0.448. The lowest BCUT2D eigenvalue weighted by Gasteiger charge is -2.06. The van der Waals surface area contributed by atoms with Crippen LogP contribution >= 0.6 is 0 Å². The number of unbranched alkanes of at least 4 members (excludes halogenated alkanes) is 4. The van der Waals surface area contributed by atoms with Gasteiger partial charge in [0, 0.05) is 5.69 Å². The Balaban J connectivity index is 2.12. The number of amides is 1. The van der Waals surface area contributed by atoms with E-state index in [1.807, 2.05) is 0 Å². The Kier molecular flexibility index (Phi) is 6.69. The summed E-state index contributed by atoms with van der Waals surface area (Å²) in [7, 11) is 0. The fourth-order valence-corrected chi connectivity index (χ4v) is 1.57. The Morgan fingerprint density at radius 3 is 2.50 bits per heavy atom. The normalized spacial score (nSPS) is 10.1. The maximum absolute atomic E-state index is 11.4. The van der Waals surface area contributed by atoms with E-state index in [2.05, 4.69) is 12.2 Å². The lowest BCUT2D eigenvalue weighted by atomic mass is 10.2. The maximum atomic E-state index is 11.4. The Labute approximate surface area is 108 Å². The van der Waals surface area contributed by atoms with Gasteiger partial charge >= 0.3 is 6.09 Å². The first-order chi connectivity index (χ1) is 8.72. The average Bonchev–Trinajstić information content (AvgIpc) is 2.36. The Bertz CT molecular complexity index is 349. The van der Waals surface area contributed by atoms with Crippen molar-refractivity contribution in [2.24, 2.45) is 0 Å². The van der Waals surface area contributed by atoms with Crippen LogP contribution < -0.4 is 5.32 Å². The monoisotopic (exact) mass is 251 g/mol. The number of benzene rings is 1. The van der Waals surface area contributed by atoms with Gasteiger partial charge in [-0.1, -0.05) is 32.6 Å². The SMILES string of the molecule is CCCCCCCOC(=O)Nc1ccc(O)cc1. The summed E-state index contributed by atoms with van der Waals surface area (Å²) in [6.07, 6.45) is 5.20. The molecule has 0 atom stereocenters. The second-order valence-corrected chi connectivity index (χ2v) is 4.22. The van der Waals surface area contributed by atoms with E-state index in [1.54, 1.807) is 12.1 Å². The summed E-state index contributed by atoms with van der Waals surface area (Å²) in [5.41, 5.74) is 0.615. The van der Waals surface area contributed by atoms with Crippen LogP contribution in [0.3, 0.4) is 0 Å². The third-order valence-corrected chi connectivity index (χ3v) is 2.59. The fraction of sp³-hybridized carbons (Fsp3) is 0.500. The zero-order valence-corrected chi connectivity index (χ0v) is 10.8. The van der Waals surface area contributed by atoms with Gasteiger partial charge in [0.2, 0.25) is 0 Å². The lowest BCUT2D eigenvalue weighted by Crippen LogP contribution is -2.14. The molecule has 0 bridgehead atoms. The van der Waals surface area contributed by atoms with Crippen LogP contribution in [0.15, 0.2) is 24.3 Å². The zero-order valence-electron chi connectivity index (χ0n) is 10.8. The van der Waals surface area contributed by atoms with Crippen molar-refractivity contribution in [2.75, 3.05) is 11.9 Å². The molecule has 0 aliphatic carbocycles. The average molecular weight is 251 g/mol. The summed E-state index contributed by atoms with van der Waals surface area (Å²) in [6.45, 7) is 2.62. The Morgan fingerprint density at radius 1 is 1.17 bits per heavy atom. The van der Waals surface area contributed by atoms with Crippen molar-refractivity contribution in [3.8, 4) is 5.75 Å². The van der Waals surface area contributed by atoms with Crippen LogP contribution in [-0.2, 0) is 4.74 Å². The molecule has 4 nitrogen and oxygen atoms in total. The van der Waals surface area contributed by atoms with Crippen molar-refractivity contribution in [3.05, 3.63) is 24.3 Å². The van der Waals surface area contributed by atoms with Gasteiger partial charge in [-0.3, -0.25) is 5.32 Å². The second kappa shape index (κ2) is 8.39. The van der Waals surface area contributed by atoms with Crippen molar-refractivity contribution in [2.45, 2.75) is 39.0 Å². The highest BCUT2D eigenvalue weighted by Crippen LogP contribution is 2.13. The van der Waals surface area contributed by atoms with Gasteiger partial charge < -0.3 is 9.84 Å². The molecule has 1 aromatic rings. The van der Waals surface area contributed by atoms with E-state index < -0.39 is 6.09 Å². The third kappa shape index (κ3) is 6.13. The molecule has 2 N–H and O–H groups in total. The van der Waals surface area contributed by atoms with Gasteiger partial charge in [0.15, 0.2) is 0 Å². The van der Waals surface area contributed by atoms with E-state index in [4.69, 9.17) is 9.84 Å². The zero-order chi connectivity index (χ0) is 13.2. The molecule has 0 aliphatic rings. The quantitative estimate of drug-likeness (QED) is 0.570.